The van der Waals surface area contributed by atoms with Crippen molar-refractivity contribution >= 4 is 34.0 Å². The van der Waals surface area contributed by atoms with E-state index in [1.807, 2.05) is 0 Å². The molecule has 4 aliphatic rings. The fourth-order valence-electron chi connectivity index (χ4n) is 9.65. The van der Waals surface area contributed by atoms with Gasteiger partial charge in [0.2, 0.25) is 28.1 Å². The Hall–Kier alpha value is -3.93. The first kappa shape index (κ1) is 64.9. The van der Waals surface area contributed by atoms with Gasteiger partial charge in [-0.3, -0.25) is 23.4 Å². The van der Waals surface area contributed by atoms with Crippen molar-refractivity contribution in [2.45, 2.75) is 208 Å². The number of carbonyl (C=O) groups is 4. The van der Waals surface area contributed by atoms with Crippen LogP contribution in [0.2, 0.25) is 0 Å². The van der Waals surface area contributed by atoms with Gasteiger partial charge in [-0.05, 0) is 56.2 Å². The van der Waals surface area contributed by atoms with Gasteiger partial charge in [-0.25, -0.2) is 8.42 Å². The molecule has 4 amide bonds. The first-order valence-electron chi connectivity index (χ1n) is 26.0. The molecule has 1 aromatic carbocycles. The minimum absolute atomic E-state index is 0.159. The van der Waals surface area contributed by atoms with E-state index < -0.39 is 183 Å². The van der Waals surface area contributed by atoms with Crippen molar-refractivity contribution in [3.8, 4) is 0 Å². The normalized spacial score (nSPS) is 35.5. The average Bonchev–Trinajstić information content (AvgIpc) is 3.43. The molecule has 29 heteroatoms. The minimum atomic E-state index is -5.41. The van der Waals surface area contributed by atoms with Crippen LogP contribution in [0.1, 0.15) is 95.0 Å². The van der Waals surface area contributed by atoms with Gasteiger partial charge in [-0.15, -0.1) is 0 Å². The summed E-state index contributed by atoms with van der Waals surface area (Å²) in [7, 11) is -5.41. The lowest BCUT2D eigenvalue weighted by Crippen LogP contribution is -2.71. The van der Waals surface area contributed by atoms with Gasteiger partial charge < -0.3 is 105 Å². The Morgan fingerprint density at radius 1 is 0.564 bits per heavy atom. The molecule has 0 saturated carbocycles. The van der Waals surface area contributed by atoms with Gasteiger partial charge in [-0.1, -0.05) is 50.5 Å². The van der Waals surface area contributed by atoms with Gasteiger partial charge in [0.05, 0.1) is 26.4 Å². The first-order chi connectivity index (χ1) is 37.0. The number of hydrogen-bond acceptors (Lipinski definition) is 24. The topological polar surface area (TPSA) is 430 Å². The molecule has 4 aliphatic heterocycles. The molecule has 0 aromatic heterocycles. The highest BCUT2D eigenvalue weighted by Crippen LogP contribution is 2.35. The maximum Gasteiger partial charge on any atom is 0.251 e. The molecule has 0 spiro atoms. The highest BCUT2D eigenvalue weighted by atomic mass is 32.3. The molecule has 13 N–H and O–H groups in total. The predicted molar refractivity (Wildman–Crippen MR) is 264 cm³/mol. The summed E-state index contributed by atoms with van der Waals surface area (Å²) in [6.45, 7) is 1.23. The Bertz CT molecular complexity index is 2200. The van der Waals surface area contributed by atoms with Gasteiger partial charge in [-0.2, -0.15) is 0 Å². The lowest BCUT2D eigenvalue weighted by atomic mass is 9.93. The lowest BCUT2D eigenvalue weighted by molar-refractivity contribution is -0.361. The molecule has 20 atom stereocenters. The highest BCUT2D eigenvalue weighted by Gasteiger charge is 2.56. The Morgan fingerprint density at radius 2 is 1.00 bits per heavy atom. The van der Waals surface area contributed by atoms with Gasteiger partial charge >= 0.3 is 0 Å². The van der Waals surface area contributed by atoms with Crippen molar-refractivity contribution in [1.82, 2.24) is 21.3 Å². The van der Waals surface area contributed by atoms with E-state index in [1.165, 1.54) is 25.7 Å². The summed E-state index contributed by atoms with van der Waals surface area (Å²) < 4.78 is 79.8. The average molecular weight is 1140 g/mol. The first-order valence-corrected chi connectivity index (χ1v) is 27.3. The smallest absolute Gasteiger partial charge is 0.251 e. The molecule has 4 saturated heterocycles. The van der Waals surface area contributed by atoms with Crippen LogP contribution in [0.15, 0.2) is 36.4 Å². The van der Waals surface area contributed by atoms with E-state index in [0.29, 0.717) is 0 Å². The standard InChI is InChI=1S/C49H78N4O24S/c1-5-6-7-8-9-10-11-12-13-14-15-27-16-18-28(19-17-27)45(65)53-34-38(61)37(60)29(20-54)72-47(34)75-42-30(21-55)73-48(35(40(42)63)51-25(3)58)76-43-31(22-56)74-49(36(41(43)64)52-26(4)59)77-44-32(23-70-78(67,68)69)71-46(66)33(39(44)62)50-24(2)57/h10-11,16-19,29-44,46-49,54-56,60-64,66H,5-9,12-15,20-23H2,1-4H3,(H,50,57)(H,51,58)(H,52,59)(H,53,65)(H,67,68,69)/p-1/b11-10-/t29?,30-,31?,32-,33?,34?,35?,36?,37+,38-,39?,40?,41-,42-,43+,44-,46?,47+,48-,49+/m1/s1. The van der Waals surface area contributed by atoms with Crippen LogP contribution in [-0.4, -0.2) is 232 Å². The molecule has 78 heavy (non-hydrogen) atoms. The van der Waals surface area contributed by atoms with Crippen LogP contribution < -0.4 is 21.3 Å². The number of amides is 4. The second-order valence-corrected chi connectivity index (χ2v) is 20.7. The summed E-state index contributed by atoms with van der Waals surface area (Å²) in [5.74, 6) is -3.15. The molecule has 0 radical (unpaired) electrons. The maximum atomic E-state index is 13.7. The highest BCUT2D eigenvalue weighted by molar-refractivity contribution is 7.80. The number of aliphatic hydroxyl groups is 9. The monoisotopic (exact) mass is 1140 g/mol. The van der Waals surface area contributed by atoms with Crippen LogP contribution in [-0.2, 0) is 68.5 Å². The van der Waals surface area contributed by atoms with E-state index in [-0.39, 0.29) is 5.56 Å². The Kier molecular flexibility index (Phi) is 25.6. The Labute approximate surface area is 451 Å². The van der Waals surface area contributed by atoms with Crippen LogP contribution in [0.3, 0.4) is 0 Å². The van der Waals surface area contributed by atoms with Gasteiger partial charge in [0.25, 0.3) is 5.91 Å². The molecule has 0 bridgehead atoms. The SMILES string of the molecule is CCCCCC/C=C\CCCCc1ccc(C(=O)NC2[C@H](O[C@H]3C(O)C(NC(C)=O)[C@@H](O[C@H]4C(CO)O[C@@H](O[C@H]5C(O)C(NC(C)=O)C(O)O[C@@H]5COS(=O)(=O)[O-])C(NC(C)=O)[C@H]4O)O[C@@H]3CO)OC(CO)[C@H](O)[C@@H]2O)cc1. The van der Waals surface area contributed by atoms with Crippen molar-refractivity contribution in [3.05, 3.63) is 47.5 Å². The van der Waals surface area contributed by atoms with Crippen LogP contribution in [0, 0.1) is 0 Å². The number of carbonyl (C=O) groups excluding carboxylic acids is 4. The molecular formula is C49H77N4O24S-. The number of nitrogens with one attached hydrogen (secondary N) is 4. The molecular weight excluding hydrogens is 1060 g/mol. The molecule has 28 nitrogen and oxygen atoms in total. The number of allylic oxidation sites excluding steroid dienone is 2. The van der Waals surface area contributed by atoms with E-state index >= 15 is 0 Å². The van der Waals surface area contributed by atoms with Crippen LogP contribution in [0.5, 0.6) is 0 Å². The van der Waals surface area contributed by atoms with Gasteiger partial charge in [0, 0.05) is 26.3 Å². The molecule has 444 valence electrons. The summed E-state index contributed by atoms with van der Waals surface area (Å²) >= 11 is 0. The zero-order valence-electron chi connectivity index (χ0n) is 43.8. The number of aryl methyl sites for hydroxylation is 1. The van der Waals surface area contributed by atoms with Gasteiger partial charge in [0.15, 0.2) is 25.2 Å². The number of aliphatic hydroxyl groups excluding tert-OH is 9. The number of benzene rings is 1. The van der Waals surface area contributed by atoms with E-state index in [1.54, 1.807) is 24.3 Å². The minimum Gasteiger partial charge on any atom is -0.726 e. The molecule has 0 aliphatic carbocycles. The molecule has 5 rings (SSSR count). The van der Waals surface area contributed by atoms with Gasteiger partial charge in [0.1, 0.15) is 97.4 Å². The fraction of sp³-hybridized carbons (Fsp3) is 0.755. The molecule has 4 heterocycles. The third-order valence-electron chi connectivity index (χ3n) is 13.6. The largest absolute Gasteiger partial charge is 0.726 e. The summed E-state index contributed by atoms with van der Waals surface area (Å²) in [4.78, 5) is 51.0. The Morgan fingerprint density at radius 3 is 1.46 bits per heavy atom. The summed E-state index contributed by atoms with van der Waals surface area (Å²) in [5, 5.41) is 109. The summed E-state index contributed by atoms with van der Waals surface area (Å²) in [6.07, 6.45) is -15.5. The number of hydrogen-bond donors (Lipinski definition) is 13. The molecule has 4 fully saturated rings. The zero-order valence-corrected chi connectivity index (χ0v) is 44.6. The van der Waals surface area contributed by atoms with Crippen LogP contribution >= 0.6 is 0 Å². The van der Waals surface area contributed by atoms with Crippen molar-refractivity contribution < 1.29 is 115 Å². The van der Waals surface area contributed by atoms with Crippen molar-refractivity contribution in [1.29, 1.82) is 0 Å². The quantitative estimate of drug-likeness (QED) is 0.0172. The maximum absolute atomic E-state index is 13.7. The molecule has 9 unspecified atom stereocenters. The van der Waals surface area contributed by atoms with Crippen molar-refractivity contribution in [2.24, 2.45) is 0 Å². The number of rotatable bonds is 27. The lowest BCUT2D eigenvalue weighted by Gasteiger charge is -2.51. The summed E-state index contributed by atoms with van der Waals surface area (Å²) in [5.41, 5.74) is 1.14. The number of ether oxygens (including phenoxy) is 7. The van der Waals surface area contributed by atoms with E-state index in [2.05, 4.69) is 44.5 Å². The predicted octanol–water partition coefficient (Wildman–Crippen LogP) is -4.16. The molecule has 1 aromatic rings. The fourth-order valence-corrected chi connectivity index (χ4v) is 9.95. The van der Waals surface area contributed by atoms with E-state index in [0.717, 1.165) is 58.4 Å². The van der Waals surface area contributed by atoms with Crippen LogP contribution in [0.4, 0.5) is 0 Å². The zero-order chi connectivity index (χ0) is 57.4. The summed E-state index contributed by atoms with van der Waals surface area (Å²) in [6, 6.07) is -0.0342. The van der Waals surface area contributed by atoms with E-state index in [9.17, 15) is 78.1 Å². The van der Waals surface area contributed by atoms with Crippen molar-refractivity contribution in [2.75, 3.05) is 26.4 Å². The number of unbranched alkanes of at least 4 members (excludes halogenated alkanes) is 6. The van der Waals surface area contributed by atoms with E-state index in [4.69, 9.17) is 33.2 Å². The van der Waals surface area contributed by atoms with Crippen molar-refractivity contribution in [3.63, 3.8) is 0 Å². The Balaban J connectivity index is 1.33. The third-order valence-corrected chi connectivity index (χ3v) is 14.1. The second-order valence-electron chi connectivity index (χ2n) is 19.6. The third kappa shape index (κ3) is 18.0. The second kappa shape index (κ2) is 30.8. The van der Waals surface area contributed by atoms with Crippen LogP contribution in [0.25, 0.3) is 0 Å².